The number of fused-ring (bicyclic) bond motifs is 1. The van der Waals surface area contributed by atoms with Crippen molar-refractivity contribution in [3.05, 3.63) is 50.6 Å². The molecular formula is C13H8ClNS2. The van der Waals surface area contributed by atoms with Crippen molar-refractivity contribution >= 4 is 56.6 Å². The van der Waals surface area contributed by atoms with Crippen LogP contribution in [-0.2, 0) is 0 Å². The van der Waals surface area contributed by atoms with Gasteiger partial charge in [0.25, 0.3) is 0 Å². The molecule has 2 heterocycles. The van der Waals surface area contributed by atoms with Crippen LogP contribution in [0.4, 0.5) is 0 Å². The number of benzene rings is 1. The topological polar surface area (TPSA) is 12.9 Å². The van der Waals surface area contributed by atoms with Gasteiger partial charge in [-0.3, -0.25) is 0 Å². The third kappa shape index (κ3) is 2.41. The zero-order valence-corrected chi connectivity index (χ0v) is 11.1. The van der Waals surface area contributed by atoms with Gasteiger partial charge in [0.15, 0.2) is 0 Å². The number of thiophene rings is 1. The number of thiazole rings is 1. The van der Waals surface area contributed by atoms with Crippen LogP contribution in [0.5, 0.6) is 0 Å². The zero-order chi connectivity index (χ0) is 11.7. The fraction of sp³-hybridized carbons (Fsp3) is 0. The van der Waals surface area contributed by atoms with Crippen LogP contribution in [0.15, 0.2) is 35.0 Å². The molecule has 3 aromatic rings. The molecule has 0 radical (unpaired) electrons. The largest absolute Gasteiger partial charge is 0.237 e. The minimum Gasteiger partial charge on any atom is -0.237 e. The Morgan fingerprint density at radius 1 is 1.18 bits per heavy atom. The predicted octanol–water partition coefficient (Wildman–Crippen LogP) is 5.18. The van der Waals surface area contributed by atoms with Crippen molar-refractivity contribution in [2.75, 3.05) is 0 Å². The first-order valence-corrected chi connectivity index (χ1v) is 7.21. The maximum absolute atomic E-state index is 5.93. The van der Waals surface area contributed by atoms with Crippen molar-refractivity contribution in [2.45, 2.75) is 0 Å². The summed E-state index contributed by atoms with van der Waals surface area (Å²) in [4.78, 5) is 4.52. The first-order chi connectivity index (χ1) is 8.31. The van der Waals surface area contributed by atoms with E-state index in [1.54, 1.807) is 22.7 Å². The quantitative estimate of drug-likeness (QED) is 0.629. The molecule has 84 valence electrons. The highest BCUT2D eigenvalue weighted by molar-refractivity contribution is 7.19. The lowest BCUT2D eigenvalue weighted by Gasteiger charge is -1.86. The smallest absolute Gasteiger partial charge is 0.117 e. The number of aromatic nitrogens is 1. The van der Waals surface area contributed by atoms with E-state index in [1.165, 1.54) is 10.3 Å². The molecule has 0 saturated carbocycles. The van der Waals surface area contributed by atoms with E-state index in [0.29, 0.717) is 0 Å². The van der Waals surface area contributed by atoms with Gasteiger partial charge in [0.1, 0.15) is 5.01 Å². The van der Waals surface area contributed by atoms with Crippen molar-refractivity contribution in [3.63, 3.8) is 0 Å². The van der Waals surface area contributed by atoms with Gasteiger partial charge in [-0.25, -0.2) is 4.98 Å². The third-order valence-corrected chi connectivity index (χ3v) is 4.27. The standard InChI is InChI=1S/C13H8ClNS2/c14-10-2-3-12-11(7-10)15-13(17-12)4-1-9-5-6-16-8-9/h1-8H/b4-1+. The summed E-state index contributed by atoms with van der Waals surface area (Å²) in [6, 6.07) is 7.90. The molecule has 0 aliphatic carbocycles. The fourth-order valence-corrected chi connectivity index (χ4v) is 3.17. The maximum atomic E-state index is 5.93. The Balaban J connectivity index is 1.96. The van der Waals surface area contributed by atoms with E-state index < -0.39 is 0 Å². The van der Waals surface area contributed by atoms with E-state index in [4.69, 9.17) is 11.6 Å². The highest BCUT2D eigenvalue weighted by Crippen LogP contribution is 2.26. The lowest BCUT2D eigenvalue weighted by molar-refractivity contribution is 1.46. The summed E-state index contributed by atoms with van der Waals surface area (Å²) in [5, 5.41) is 5.92. The molecule has 0 amide bonds. The average molecular weight is 278 g/mol. The van der Waals surface area contributed by atoms with Gasteiger partial charge in [0.05, 0.1) is 10.2 Å². The SMILES string of the molecule is Clc1ccc2sc(/C=C/c3ccsc3)nc2c1. The molecule has 4 heteroatoms. The van der Waals surface area contributed by atoms with Gasteiger partial charge in [-0.1, -0.05) is 17.7 Å². The van der Waals surface area contributed by atoms with Gasteiger partial charge in [-0.2, -0.15) is 11.3 Å². The molecular weight excluding hydrogens is 270 g/mol. The van der Waals surface area contributed by atoms with Crippen LogP contribution in [0.25, 0.3) is 22.4 Å². The van der Waals surface area contributed by atoms with Crippen LogP contribution in [0.3, 0.4) is 0 Å². The van der Waals surface area contributed by atoms with Crippen LogP contribution < -0.4 is 0 Å². The molecule has 0 aliphatic heterocycles. The Morgan fingerprint density at radius 3 is 2.94 bits per heavy atom. The molecule has 0 unspecified atom stereocenters. The fourth-order valence-electron chi connectivity index (χ4n) is 1.53. The molecule has 2 aromatic heterocycles. The predicted molar refractivity (Wildman–Crippen MR) is 77.9 cm³/mol. The van der Waals surface area contributed by atoms with Gasteiger partial charge >= 0.3 is 0 Å². The second kappa shape index (κ2) is 4.61. The third-order valence-electron chi connectivity index (χ3n) is 2.33. The summed E-state index contributed by atoms with van der Waals surface area (Å²) in [6.45, 7) is 0. The number of halogens is 1. The van der Waals surface area contributed by atoms with E-state index in [0.717, 1.165) is 15.5 Å². The summed E-state index contributed by atoms with van der Waals surface area (Å²) >= 11 is 9.30. The molecule has 0 spiro atoms. The summed E-state index contributed by atoms with van der Waals surface area (Å²) < 4.78 is 1.17. The first-order valence-electron chi connectivity index (χ1n) is 5.08. The van der Waals surface area contributed by atoms with Gasteiger partial charge in [-0.15, -0.1) is 11.3 Å². The van der Waals surface area contributed by atoms with Crippen LogP contribution >= 0.6 is 34.3 Å². The van der Waals surface area contributed by atoms with Crippen molar-refractivity contribution < 1.29 is 0 Å². The minimum atomic E-state index is 0.733. The Hall–Kier alpha value is -1.16. The molecule has 0 fully saturated rings. The van der Waals surface area contributed by atoms with Crippen LogP contribution in [-0.4, -0.2) is 4.98 Å². The second-order valence-electron chi connectivity index (χ2n) is 3.55. The maximum Gasteiger partial charge on any atom is 0.117 e. The average Bonchev–Trinajstić information content (AvgIpc) is 2.94. The van der Waals surface area contributed by atoms with Gasteiger partial charge in [0, 0.05) is 5.02 Å². The molecule has 0 bridgehead atoms. The molecule has 1 nitrogen and oxygen atoms in total. The van der Waals surface area contributed by atoms with Crippen molar-refractivity contribution in [1.82, 2.24) is 4.98 Å². The summed E-state index contributed by atoms with van der Waals surface area (Å²) in [5.41, 5.74) is 2.18. The van der Waals surface area contributed by atoms with E-state index >= 15 is 0 Å². The monoisotopic (exact) mass is 277 g/mol. The zero-order valence-electron chi connectivity index (χ0n) is 8.76. The molecule has 0 aliphatic rings. The number of nitrogens with zero attached hydrogens (tertiary/aromatic N) is 1. The van der Waals surface area contributed by atoms with Crippen molar-refractivity contribution in [2.24, 2.45) is 0 Å². The van der Waals surface area contributed by atoms with Crippen molar-refractivity contribution in [1.29, 1.82) is 0 Å². The number of hydrogen-bond acceptors (Lipinski definition) is 3. The second-order valence-corrected chi connectivity index (χ2v) is 5.83. The highest BCUT2D eigenvalue weighted by Gasteiger charge is 2.01. The Labute approximate surface area is 112 Å². The highest BCUT2D eigenvalue weighted by atomic mass is 35.5. The lowest BCUT2D eigenvalue weighted by atomic mass is 10.3. The first kappa shape index (κ1) is 11.0. The van der Waals surface area contributed by atoms with Gasteiger partial charge in [-0.05, 0) is 46.7 Å². The Morgan fingerprint density at radius 2 is 2.12 bits per heavy atom. The van der Waals surface area contributed by atoms with E-state index in [9.17, 15) is 0 Å². The molecule has 0 saturated heterocycles. The van der Waals surface area contributed by atoms with E-state index in [2.05, 4.69) is 27.9 Å². The normalized spacial score (nSPS) is 11.6. The van der Waals surface area contributed by atoms with Gasteiger partial charge < -0.3 is 0 Å². The Bertz CT molecular complexity index is 668. The van der Waals surface area contributed by atoms with Crippen LogP contribution in [0.2, 0.25) is 5.02 Å². The van der Waals surface area contributed by atoms with Crippen molar-refractivity contribution in [3.8, 4) is 0 Å². The summed E-state index contributed by atoms with van der Waals surface area (Å²) in [5.74, 6) is 0. The minimum absolute atomic E-state index is 0.733. The van der Waals surface area contributed by atoms with Gasteiger partial charge in [0.2, 0.25) is 0 Å². The molecule has 3 rings (SSSR count). The molecule has 1 aromatic carbocycles. The number of hydrogen-bond donors (Lipinski definition) is 0. The lowest BCUT2D eigenvalue weighted by Crippen LogP contribution is -1.69. The van der Waals surface area contributed by atoms with Crippen LogP contribution in [0, 0.1) is 0 Å². The molecule has 17 heavy (non-hydrogen) atoms. The van der Waals surface area contributed by atoms with Crippen LogP contribution in [0.1, 0.15) is 10.6 Å². The molecule has 0 N–H and O–H groups in total. The summed E-state index contributed by atoms with van der Waals surface area (Å²) in [7, 11) is 0. The van der Waals surface area contributed by atoms with E-state index in [1.807, 2.05) is 24.3 Å². The van der Waals surface area contributed by atoms with E-state index in [-0.39, 0.29) is 0 Å². The molecule has 0 atom stereocenters. The summed E-state index contributed by atoms with van der Waals surface area (Å²) in [6.07, 6.45) is 4.12. The Kier molecular flexibility index (Phi) is 2.97. The number of rotatable bonds is 2.